The average Bonchev–Trinajstić information content (AvgIpc) is 2.74. The summed E-state index contributed by atoms with van der Waals surface area (Å²) in [4.78, 5) is 21.8. The maximum atomic E-state index is 11.2. The fraction of sp³-hybridized carbons (Fsp3) is 0.500. The molecule has 0 spiro atoms. The number of aliphatic hydroxyl groups excluding tert-OH is 2. The number of nitro benzene ring substituents is 1. The summed E-state index contributed by atoms with van der Waals surface area (Å²) in [5, 5.41) is 33.5. The van der Waals surface area contributed by atoms with Crippen LogP contribution in [-0.2, 0) is 12.8 Å². The largest absolute Gasteiger partial charge is 0.399 e. The molecule has 0 radical (unpaired) electrons. The van der Waals surface area contributed by atoms with Gasteiger partial charge >= 0.3 is 0 Å². The van der Waals surface area contributed by atoms with Crippen LogP contribution in [0, 0.1) is 10.1 Å². The molecule has 10 nitrogen and oxygen atoms in total. The topological polar surface area (TPSA) is 151 Å². The quantitative estimate of drug-likeness (QED) is 0.266. The zero-order valence-corrected chi connectivity index (χ0v) is 16.8. The molecular formula is C20H28N6O4. The zero-order chi connectivity index (χ0) is 21.5. The van der Waals surface area contributed by atoms with Crippen LogP contribution in [-0.4, -0.2) is 68.4 Å². The van der Waals surface area contributed by atoms with E-state index in [1.165, 1.54) is 6.07 Å². The molecule has 0 amide bonds. The van der Waals surface area contributed by atoms with Crippen LogP contribution in [0.15, 0.2) is 30.6 Å². The summed E-state index contributed by atoms with van der Waals surface area (Å²) in [6.45, 7) is 2.00. The first kappa shape index (κ1) is 21.9. The van der Waals surface area contributed by atoms with E-state index in [9.17, 15) is 20.3 Å². The second-order valence-corrected chi connectivity index (χ2v) is 7.51. The first-order valence-electron chi connectivity index (χ1n) is 10.1. The van der Waals surface area contributed by atoms with E-state index in [0.717, 1.165) is 24.5 Å². The van der Waals surface area contributed by atoms with E-state index in [2.05, 4.69) is 20.2 Å². The van der Waals surface area contributed by atoms with Crippen molar-refractivity contribution in [3.8, 4) is 0 Å². The summed E-state index contributed by atoms with van der Waals surface area (Å²) in [7, 11) is 0. The maximum absolute atomic E-state index is 11.2. The Morgan fingerprint density at radius 2 is 2.07 bits per heavy atom. The van der Waals surface area contributed by atoms with Crippen LogP contribution in [0.5, 0.6) is 0 Å². The number of nitro groups is 1. The number of nitrogens with two attached hydrogens (primary N) is 1. The molecule has 0 aliphatic carbocycles. The van der Waals surface area contributed by atoms with Gasteiger partial charge in [0.25, 0.3) is 5.69 Å². The van der Waals surface area contributed by atoms with E-state index in [0.29, 0.717) is 43.6 Å². The Kier molecular flexibility index (Phi) is 7.50. The van der Waals surface area contributed by atoms with Crippen LogP contribution in [0.4, 0.5) is 17.1 Å². The molecule has 2 unspecified atom stereocenters. The molecule has 0 saturated carbocycles. The highest BCUT2D eigenvalue weighted by atomic mass is 16.6. The van der Waals surface area contributed by atoms with E-state index in [-0.39, 0.29) is 24.4 Å². The van der Waals surface area contributed by atoms with Crippen molar-refractivity contribution in [2.45, 2.75) is 37.8 Å². The lowest BCUT2D eigenvalue weighted by Crippen LogP contribution is -2.47. The monoisotopic (exact) mass is 416 g/mol. The maximum Gasteiger partial charge on any atom is 0.294 e. The number of anilines is 2. The van der Waals surface area contributed by atoms with Crippen molar-refractivity contribution < 1.29 is 15.1 Å². The fourth-order valence-electron chi connectivity index (χ4n) is 3.69. The van der Waals surface area contributed by atoms with E-state index in [1.807, 2.05) is 0 Å². The van der Waals surface area contributed by atoms with E-state index in [1.54, 1.807) is 24.5 Å². The van der Waals surface area contributed by atoms with Gasteiger partial charge in [0.05, 0.1) is 29.0 Å². The lowest BCUT2D eigenvalue weighted by molar-refractivity contribution is -0.383. The van der Waals surface area contributed by atoms with E-state index < -0.39 is 4.92 Å². The number of aromatic nitrogens is 2. The molecule has 2 heterocycles. The van der Waals surface area contributed by atoms with Crippen molar-refractivity contribution in [2.24, 2.45) is 0 Å². The van der Waals surface area contributed by atoms with E-state index >= 15 is 0 Å². The zero-order valence-electron chi connectivity index (χ0n) is 16.8. The minimum Gasteiger partial charge on any atom is -0.399 e. The van der Waals surface area contributed by atoms with Crippen molar-refractivity contribution in [1.29, 1.82) is 0 Å². The Balaban J connectivity index is 1.53. The van der Waals surface area contributed by atoms with Gasteiger partial charge in [0.2, 0.25) is 0 Å². The number of aliphatic hydroxyl groups is 2. The van der Waals surface area contributed by atoms with Gasteiger partial charge < -0.3 is 21.3 Å². The van der Waals surface area contributed by atoms with Crippen molar-refractivity contribution in [2.75, 3.05) is 37.3 Å². The molecule has 1 saturated heterocycles. The number of nitrogens with one attached hydrogen (secondary N) is 1. The van der Waals surface area contributed by atoms with Gasteiger partial charge in [-0.3, -0.25) is 25.0 Å². The molecule has 162 valence electrons. The Morgan fingerprint density at radius 3 is 2.80 bits per heavy atom. The molecule has 10 heteroatoms. The third-order valence-electron chi connectivity index (χ3n) is 5.33. The highest BCUT2D eigenvalue weighted by Gasteiger charge is 2.26. The first-order chi connectivity index (χ1) is 14.5. The number of hydrogen-bond acceptors (Lipinski definition) is 9. The van der Waals surface area contributed by atoms with E-state index in [4.69, 9.17) is 5.73 Å². The lowest BCUT2D eigenvalue weighted by atomic mass is 9.99. The van der Waals surface area contributed by atoms with Crippen molar-refractivity contribution >= 4 is 17.1 Å². The number of rotatable bonds is 9. The van der Waals surface area contributed by atoms with Gasteiger partial charge in [-0.25, -0.2) is 0 Å². The molecule has 3 rings (SSSR count). The predicted molar refractivity (Wildman–Crippen MR) is 113 cm³/mol. The normalized spacial score (nSPS) is 19.5. The Morgan fingerprint density at radius 1 is 1.30 bits per heavy atom. The van der Waals surface area contributed by atoms with Gasteiger partial charge in [0.1, 0.15) is 5.69 Å². The molecule has 1 fully saturated rings. The minimum absolute atomic E-state index is 0.0233. The third-order valence-corrected chi connectivity index (χ3v) is 5.33. The molecule has 1 aliphatic rings. The highest BCUT2D eigenvalue weighted by Crippen LogP contribution is 2.26. The molecule has 0 bridgehead atoms. The van der Waals surface area contributed by atoms with Crippen LogP contribution in [0.1, 0.15) is 24.2 Å². The summed E-state index contributed by atoms with van der Waals surface area (Å²) < 4.78 is 0. The SMILES string of the molecule is Nc1ccc(NCCc2cncc(CCN3CCC(O)CC3CO)n2)c([N+](=O)[O-])c1. The Bertz CT molecular complexity index is 865. The second-order valence-electron chi connectivity index (χ2n) is 7.51. The molecule has 2 atom stereocenters. The standard InChI is InChI=1S/C20H28N6O4/c21-14-1-2-19(20(9-14)26(29)30)23-6-3-15-11-22-12-16(24-15)4-7-25-8-5-18(28)10-17(25)13-27/h1-2,9,11-12,17-18,23,27-28H,3-8,10,13,21H2. The third kappa shape index (κ3) is 5.85. The highest BCUT2D eigenvalue weighted by molar-refractivity contribution is 5.66. The Labute approximate surface area is 174 Å². The van der Waals surface area contributed by atoms with Crippen LogP contribution in [0.25, 0.3) is 0 Å². The fourth-order valence-corrected chi connectivity index (χ4v) is 3.69. The van der Waals surface area contributed by atoms with Crippen LogP contribution >= 0.6 is 0 Å². The van der Waals surface area contributed by atoms with Gasteiger partial charge in [0.15, 0.2) is 0 Å². The summed E-state index contributed by atoms with van der Waals surface area (Å²) in [6, 6.07) is 4.53. The summed E-state index contributed by atoms with van der Waals surface area (Å²) in [5.41, 5.74) is 7.99. The molecule has 1 aromatic heterocycles. The van der Waals surface area contributed by atoms with Crippen LogP contribution < -0.4 is 11.1 Å². The molecule has 1 aromatic carbocycles. The summed E-state index contributed by atoms with van der Waals surface area (Å²) in [6.07, 6.45) is 5.65. The number of nitrogen functional groups attached to an aromatic ring is 1. The number of piperidine rings is 1. The first-order valence-corrected chi connectivity index (χ1v) is 10.1. The van der Waals surface area contributed by atoms with Crippen molar-refractivity contribution in [3.05, 3.63) is 52.1 Å². The molecular weight excluding hydrogens is 388 g/mol. The molecule has 1 aliphatic heterocycles. The summed E-state index contributed by atoms with van der Waals surface area (Å²) >= 11 is 0. The van der Waals surface area contributed by atoms with Gasteiger partial charge in [-0.05, 0) is 25.0 Å². The number of benzene rings is 1. The van der Waals surface area contributed by atoms with Crippen LogP contribution in [0.3, 0.4) is 0 Å². The van der Waals surface area contributed by atoms with Crippen molar-refractivity contribution in [1.82, 2.24) is 14.9 Å². The van der Waals surface area contributed by atoms with Crippen LogP contribution in [0.2, 0.25) is 0 Å². The van der Waals surface area contributed by atoms with Crippen molar-refractivity contribution in [3.63, 3.8) is 0 Å². The molecule has 5 N–H and O–H groups in total. The second kappa shape index (κ2) is 10.3. The smallest absolute Gasteiger partial charge is 0.294 e. The number of nitrogens with zero attached hydrogens (tertiary/aromatic N) is 4. The van der Waals surface area contributed by atoms with Gasteiger partial charge in [-0.1, -0.05) is 0 Å². The Hall–Kier alpha value is -2.82. The molecule has 2 aromatic rings. The number of hydrogen-bond donors (Lipinski definition) is 4. The summed E-state index contributed by atoms with van der Waals surface area (Å²) in [5.74, 6) is 0. The minimum atomic E-state index is -0.460. The van der Waals surface area contributed by atoms with Gasteiger partial charge in [0, 0.05) is 62.7 Å². The van der Waals surface area contributed by atoms with Gasteiger partial charge in [-0.2, -0.15) is 0 Å². The molecule has 30 heavy (non-hydrogen) atoms. The predicted octanol–water partition coefficient (Wildman–Crippen LogP) is 0.982. The van der Waals surface area contributed by atoms with Gasteiger partial charge in [-0.15, -0.1) is 0 Å². The average molecular weight is 416 g/mol. The number of likely N-dealkylation sites (tertiary alicyclic amines) is 1. The lowest BCUT2D eigenvalue weighted by Gasteiger charge is -2.36.